The lowest BCUT2D eigenvalue weighted by Gasteiger charge is -2.03. The highest BCUT2D eigenvalue weighted by molar-refractivity contribution is 5.88. The van der Waals surface area contributed by atoms with Gasteiger partial charge in [0.15, 0.2) is 0 Å². The molecular weight excluding hydrogens is 160 g/mol. The normalized spacial score (nSPS) is 9.85. The molecule has 0 N–H and O–H groups in total. The smallest absolute Gasteiger partial charge is 0.134 e. The molecule has 0 aromatic heterocycles. The van der Waals surface area contributed by atoms with Crippen molar-refractivity contribution in [2.45, 2.75) is 0 Å². The van der Waals surface area contributed by atoms with Crippen molar-refractivity contribution >= 4 is 10.8 Å². The lowest BCUT2D eigenvalue weighted by molar-refractivity contribution is 0.489. The van der Waals surface area contributed by atoms with Crippen LogP contribution in [0.1, 0.15) is 0 Å². The number of hydrogen-bond acceptors (Lipinski definition) is 1. The van der Waals surface area contributed by atoms with Crippen LogP contribution in [0.3, 0.4) is 0 Å². The fourth-order valence-electron chi connectivity index (χ4n) is 1.39. The summed E-state index contributed by atoms with van der Waals surface area (Å²) >= 11 is 0. The Morgan fingerprint density at radius 2 is 1.77 bits per heavy atom. The van der Waals surface area contributed by atoms with Crippen LogP contribution in [0.4, 0.5) is 0 Å². The van der Waals surface area contributed by atoms with E-state index in [0.29, 0.717) is 0 Å². The van der Waals surface area contributed by atoms with Gasteiger partial charge in [-0.2, -0.15) is 0 Å². The third kappa shape index (κ3) is 1.41. The van der Waals surface area contributed by atoms with Gasteiger partial charge in [0.1, 0.15) is 5.75 Å². The van der Waals surface area contributed by atoms with Gasteiger partial charge in [0.05, 0.1) is 6.26 Å². The van der Waals surface area contributed by atoms with Crippen LogP contribution in [0.15, 0.2) is 55.3 Å². The first-order valence-electron chi connectivity index (χ1n) is 4.17. The first-order valence-corrected chi connectivity index (χ1v) is 4.17. The Bertz CT molecular complexity index is 427. The first kappa shape index (κ1) is 7.87. The third-order valence-corrected chi connectivity index (χ3v) is 1.96. The van der Waals surface area contributed by atoms with Gasteiger partial charge < -0.3 is 4.74 Å². The molecule has 0 radical (unpaired) electrons. The van der Waals surface area contributed by atoms with Crippen LogP contribution in [0.25, 0.3) is 10.8 Å². The lowest BCUT2D eigenvalue weighted by atomic mass is 10.1. The van der Waals surface area contributed by atoms with Crippen LogP contribution in [0.5, 0.6) is 5.75 Å². The van der Waals surface area contributed by atoms with Gasteiger partial charge in [-0.15, -0.1) is 0 Å². The van der Waals surface area contributed by atoms with Gasteiger partial charge >= 0.3 is 0 Å². The van der Waals surface area contributed by atoms with E-state index in [1.165, 1.54) is 11.6 Å². The van der Waals surface area contributed by atoms with Crippen molar-refractivity contribution in [3.63, 3.8) is 0 Å². The van der Waals surface area contributed by atoms with Crippen LogP contribution in [-0.2, 0) is 0 Å². The second-order valence-electron chi connectivity index (χ2n) is 2.76. The largest absolute Gasteiger partial charge is 0.465 e. The van der Waals surface area contributed by atoms with Gasteiger partial charge in [-0.3, -0.25) is 0 Å². The molecule has 13 heavy (non-hydrogen) atoms. The zero-order valence-electron chi connectivity index (χ0n) is 7.23. The SMILES string of the molecule is C=COc1cccc2ccccc12. The fourth-order valence-corrected chi connectivity index (χ4v) is 1.39. The molecule has 1 nitrogen and oxygen atoms in total. The summed E-state index contributed by atoms with van der Waals surface area (Å²) in [5.41, 5.74) is 0. The average molecular weight is 170 g/mol. The molecule has 0 aliphatic carbocycles. The maximum Gasteiger partial charge on any atom is 0.134 e. The van der Waals surface area contributed by atoms with Crippen molar-refractivity contribution in [1.82, 2.24) is 0 Å². The molecule has 0 saturated heterocycles. The van der Waals surface area contributed by atoms with Crippen molar-refractivity contribution < 1.29 is 4.74 Å². The van der Waals surface area contributed by atoms with Crippen molar-refractivity contribution in [2.24, 2.45) is 0 Å². The summed E-state index contributed by atoms with van der Waals surface area (Å²) in [6, 6.07) is 14.1. The van der Waals surface area contributed by atoms with Crippen LogP contribution in [0, 0.1) is 0 Å². The summed E-state index contributed by atoms with van der Waals surface area (Å²) in [7, 11) is 0. The molecule has 0 amide bonds. The van der Waals surface area contributed by atoms with E-state index >= 15 is 0 Å². The minimum Gasteiger partial charge on any atom is -0.465 e. The molecular formula is C12H10O. The second-order valence-corrected chi connectivity index (χ2v) is 2.76. The van der Waals surface area contributed by atoms with E-state index in [2.05, 4.69) is 18.7 Å². The highest BCUT2D eigenvalue weighted by Crippen LogP contribution is 2.24. The second kappa shape index (κ2) is 3.31. The fraction of sp³-hybridized carbons (Fsp3) is 0. The van der Waals surface area contributed by atoms with Gasteiger partial charge in [0, 0.05) is 5.39 Å². The van der Waals surface area contributed by atoms with E-state index in [1.54, 1.807) is 0 Å². The summed E-state index contributed by atoms with van der Waals surface area (Å²) < 4.78 is 5.28. The molecule has 2 aromatic carbocycles. The van der Waals surface area contributed by atoms with E-state index in [9.17, 15) is 0 Å². The van der Waals surface area contributed by atoms with E-state index < -0.39 is 0 Å². The quantitative estimate of drug-likeness (QED) is 0.628. The predicted octanol–water partition coefficient (Wildman–Crippen LogP) is 3.36. The number of hydrogen-bond donors (Lipinski definition) is 0. The zero-order chi connectivity index (χ0) is 9.10. The summed E-state index contributed by atoms with van der Waals surface area (Å²) in [4.78, 5) is 0. The van der Waals surface area contributed by atoms with Crippen molar-refractivity contribution in [1.29, 1.82) is 0 Å². The molecule has 0 atom stereocenters. The zero-order valence-corrected chi connectivity index (χ0v) is 7.23. The Morgan fingerprint density at radius 3 is 2.62 bits per heavy atom. The molecule has 2 aromatic rings. The molecule has 2 rings (SSSR count). The van der Waals surface area contributed by atoms with Gasteiger partial charge in [0.25, 0.3) is 0 Å². The summed E-state index contributed by atoms with van der Waals surface area (Å²) in [5, 5.41) is 2.30. The van der Waals surface area contributed by atoms with Gasteiger partial charge in [-0.05, 0) is 11.5 Å². The summed E-state index contributed by atoms with van der Waals surface area (Å²) in [6.45, 7) is 3.54. The minimum atomic E-state index is 0.855. The molecule has 0 spiro atoms. The van der Waals surface area contributed by atoms with E-state index in [1.807, 2.05) is 30.3 Å². The molecule has 0 fully saturated rings. The highest BCUT2D eigenvalue weighted by atomic mass is 16.5. The van der Waals surface area contributed by atoms with Gasteiger partial charge in [-0.25, -0.2) is 0 Å². The average Bonchev–Trinajstić information content (AvgIpc) is 2.19. The Hall–Kier alpha value is -1.76. The Morgan fingerprint density at radius 1 is 1.00 bits per heavy atom. The van der Waals surface area contributed by atoms with Crippen LogP contribution >= 0.6 is 0 Å². The van der Waals surface area contributed by atoms with E-state index in [0.717, 1.165) is 11.1 Å². The number of rotatable bonds is 2. The Labute approximate surface area is 77.3 Å². The van der Waals surface area contributed by atoms with E-state index in [4.69, 9.17) is 4.74 Å². The summed E-state index contributed by atoms with van der Waals surface area (Å²) in [5.74, 6) is 0.855. The van der Waals surface area contributed by atoms with Crippen LogP contribution < -0.4 is 4.74 Å². The number of ether oxygens (including phenoxy) is 1. The predicted molar refractivity (Wildman–Crippen MR) is 54.8 cm³/mol. The molecule has 0 bridgehead atoms. The van der Waals surface area contributed by atoms with Crippen molar-refractivity contribution in [3.05, 3.63) is 55.3 Å². The molecule has 1 heteroatoms. The van der Waals surface area contributed by atoms with E-state index in [-0.39, 0.29) is 0 Å². The lowest BCUT2D eigenvalue weighted by Crippen LogP contribution is -1.82. The number of fused-ring (bicyclic) bond motifs is 1. The van der Waals surface area contributed by atoms with Crippen molar-refractivity contribution in [2.75, 3.05) is 0 Å². The van der Waals surface area contributed by atoms with Crippen LogP contribution in [-0.4, -0.2) is 0 Å². The van der Waals surface area contributed by atoms with Gasteiger partial charge in [0.2, 0.25) is 0 Å². The highest BCUT2D eigenvalue weighted by Gasteiger charge is 1.97. The minimum absolute atomic E-state index is 0.855. The Balaban J connectivity index is 2.68. The topological polar surface area (TPSA) is 9.23 Å². The number of benzene rings is 2. The standard InChI is InChI=1S/C12H10O/c1-2-13-12-9-5-7-10-6-3-4-8-11(10)12/h2-9H,1H2. The van der Waals surface area contributed by atoms with Crippen molar-refractivity contribution in [3.8, 4) is 5.75 Å². The molecule has 0 aliphatic heterocycles. The molecule has 0 saturated carbocycles. The first-order chi connectivity index (χ1) is 6.42. The third-order valence-electron chi connectivity index (χ3n) is 1.96. The maximum absolute atomic E-state index is 5.28. The molecule has 0 unspecified atom stereocenters. The monoisotopic (exact) mass is 170 g/mol. The Kier molecular flexibility index (Phi) is 2.01. The maximum atomic E-state index is 5.28. The van der Waals surface area contributed by atoms with Gasteiger partial charge in [-0.1, -0.05) is 43.0 Å². The molecule has 0 heterocycles. The van der Waals surface area contributed by atoms with Crippen LogP contribution in [0.2, 0.25) is 0 Å². The molecule has 64 valence electrons. The summed E-state index contributed by atoms with van der Waals surface area (Å²) in [6.07, 6.45) is 1.45. The molecule has 0 aliphatic rings.